The van der Waals surface area contributed by atoms with Crippen molar-refractivity contribution in [2.75, 3.05) is 0 Å². The lowest BCUT2D eigenvalue weighted by Gasteiger charge is -2.10. The highest BCUT2D eigenvalue weighted by Crippen LogP contribution is 2.22. The van der Waals surface area contributed by atoms with Crippen LogP contribution in [0.25, 0.3) is 11.1 Å². The quantitative estimate of drug-likeness (QED) is 0.847. The first-order chi connectivity index (χ1) is 8.16. The normalized spacial score (nSPS) is 10.5. The van der Waals surface area contributed by atoms with Crippen LogP contribution in [0.2, 0.25) is 0 Å². The third-order valence-electron chi connectivity index (χ3n) is 2.11. The van der Waals surface area contributed by atoms with Gasteiger partial charge >= 0.3 is 0 Å². The maximum Gasteiger partial charge on any atom is 0.138 e. The highest BCUT2D eigenvalue weighted by molar-refractivity contribution is 7.71. The standard InChI is InChI=1S/C12H13N3OS/c1-8(2)16-10-3-9(4-13-5-10)11-6-14-7-15-12(11)17/h3-8H,1-2H3,(H,14,15,17). The molecule has 2 rings (SSSR count). The molecule has 2 aromatic rings. The molecule has 0 saturated heterocycles. The fraction of sp³-hybridized carbons (Fsp3) is 0.250. The maximum atomic E-state index is 5.59. The fourth-order valence-electron chi connectivity index (χ4n) is 1.45. The summed E-state index contributed by atoms with van der Waals surface area (Å²) in [4.78, 5) is 11.1. The van der Waals surface area contributed by atoms with Gasteiger partial charge in [-0.3, -0.25) is 4.98 Å². The molecule has 0 radical (unpaired) electrons. The van der Waals surface area contributed by atoms with Crippen molar-refractivity contribution in [1.29, 1.82) is 0 Å². The number of hydrogen-bond donors (Lipinski definition) is 1. The minimum absolute atomic E-state index is 0.121. The molecule has 0 bridgehead atoms. The summed E-state index contributed by atoms with van der Waals surface area (Å²) in [6, 6.07) is 1.91. The number of aromatic nitrogens is 3. The van der Waals surface area contributed by atoms with Crippen LogP contribution >= 0.6 is 12.2 Å². The van der Waals surface area contributed by atoms with Crippen molar-refractivity contribution < 1.29 is 4.74 Å². The van der Waals surface area contributed by atoms with E-state index < -0.39 is 0 Å². The zero-order chi connectivity index (χ0) is 12.3. The fourth-order valence-corrected chi connectivity index (χ4v) is 1.68. The number of hydrogen-bond acceptors (Lipinski definition) is 4. The number of pyridine rings is 1. The Labute approximate surface area is 105 Å². The summed E-state index contributed by atoms with van der Waals surface area (Å²) in [7, 11) is 0. The molecule has 0 aromatic carbocycles. The molecule has 0 amide bonds. The second-order valence-electron chi connectivity index (χ2n) is 3.87. The summed E-state index contributed by atoms with van der Waals surface area (Å²) < 4.78 is 6.23. The van der Waals surface area contributed by atoms with Gasteiger partial charge in [0.2, 0.25) is 0 Å². The molecule has 5 heteroatoms. The van der Waals surface area contributed by atoms with E-state index in [2.05, 4.69) is 15.0 Å². The predicted molar refractivity (Wildman–Crippen MR) is 68.4 cm³/mol. The summed E-state index contributed by atoms with van der Waals surface area (Å²) >= 11 is 5.20. The molecule has 0 unspecified atom stereocenters. The number of nitrogens with zero attached hydrogens (tertiary/aromatic N) is 2. The average Bonchev–Trinajstić information content (AvgIpc) is 2.29. The molecule has 0 aliphatic rings. The van der Waals surface area contributed by atoms with Crippen molar-refractivity contribution in [1.82, 2.24) is 15.0 Å². The third kappa shape index (κ3) is 2.88. The molecule has 0 fully saturated rings. The molecule has 0 atom stereocenters. The summed E-state index contributed by atoms with van der Waals surface area (Å²) in [6.45, 7) is 3.95. The van der Waals surface area contributed by atoms with Gasteiger partial charge in [0, 0.05) is 23.5 Å². The van der Waals surface area contributed by atoms with E-state index >= 15 is 0 Å². The Morgan fingerprint density at radius 1 is 1.24 bits per heavy atom. The van der Waals surface area contributed by atoms with Crippen molar-refractivity contribution in [2.45, 2.75) is 20.0 Å². The van der Waals surface area contributed by atoms with Crippen LogP contribution in [0, 0.1) is 4.64 Å². The van der Waals surface area contributed by atoms with Gasteiger partial charge in [-0.1, -0.05) is 12.2 Å². The van der Waals surface area contributed by atoms with Crippen LogP contribution in [0.1, 0.15) is 13.8 Å². The lowest BCUT2D eigenvalue weighted by atomic mass is 10.1. The first kappa shape index (κ1) is 11.7. The van der Waals surface area contributed by atoms with Crippen LogP contribution in [-0.2, 0) is 0 Å². The zero-order valence-corrected chi connectivity index (χ0v) is 10.5. The Hall–Kier alpha value is -1.75. The highest BCUT2D eigenvalue weighted by Gasteiger charge is 2.04. The van der Waals surface area contributed by atoms with E-state index in [1.54, 1.807) is 24.9 Å². The molecule has 0 aliphatic heterocycles. The number of rotatable bonds is 3. The topological polar surface area (TPSA) is 50.8 Å². The van der Waals surface area contributed by atoms with E-state index in [9.17, 15) is 0 Å². The Bertz CT molecular complexity index is 565. The smallest absolute Gasteiger partial charge is 0.138 e. The molecule has 2 aromatic heterocycles. The van der Waals surface area contributed by atoms with Crippen molar-refractivity contribution in [2.24, 2.45) is 0 Å². The van der Waals surface area contributed by atoms with E-state index in [1.165, 1.54) is 0 Å². The number of aromatic amines is 1. The minimum Gasteiger partial charge on any atom is -0.489 e. The molecule has 0 spiro atoms. The summed E-state index contributed by atoms with van der Waals surface area (Å²) in [6.07, 6.45) is 6.83. The first-order valence-corrected chi connectivity index (χ1v) is 5.72. The Morgan fingerprint density at radius 2 is 2.06 bits per heavy atom. The molecule has 0 saturated carbocycles. The lowest BCUT2D eigenvalue weighted by molar-refractivity contribution is 0.241. The van der Waals surface area contributed by atoms with Gasteiger partial charge in [0.25, 0.3) is 0 Å². The van der Waals surface area contributed by atoms with Gasteiger partial charge in [0.1, 0.15) is 10.4 Å². The van der Waals surface area contributed by atoms with Crippen molar-refractivity contribution >= 4 is 12.2 Å². The van der Waals surface area contributed by atoms with Crippen molar-refractivity contribution in [3.05, 3.63) is 35.6 Å². The van der Waals surface area contributed by atoms with Gasteiger partial charge in [-0.15, -0.1) is 0 Å². The van der Waals surface area contributed by atoms with E-state index in [4.69, 9.17) is 17.0 Å². The molecular weight excluding hydrogens is 234 g/mol. The van der Waals surface area contributed by atoms with Crippen LogP contribution < -0.4 is 4.74 Å². The predicted octanol–water partition coefficient (Wildman–Crippen LogP) is 2.99. The third-order valence-corrected chi connectivity index (χ3v) is 2.45. The molecule has 17 heavy (non-hydrogen) atoms. The summed E-state index contributed by atoms with van der Waals surface area (Å²) in [5.41, 5.74) is 1.75. The zero-order valence-electron chi connectivity index (χ0n) is 9.68. The molecule has 2 heterocycles. The largest absolute Gasteiger partial charge is 0.489 e. The van der Waals surface area contributed by atoms with Crippen LogP contribution in [0.15, 0.2) is 31.0 Å². The van der Waals surface area contributed by atoms with Gasteiger partial charge in [0.15, 0.2) is 0 Å². The van der Waals surface area contributed by atoms with E-state index in [1.807, 2.05) is 19.9 Å². The average molecular weight is 247 g/mol. The summed E-state index contributed by atoms with van der Waals surface area (Å²) in [5.74, 6) is 0.732. The Balaban J connectivity index is 2.40. The summed E-state index contributed by atoms with van der Waals surface area (Å²) in [5, 5.41) is 0. The molecule has 88 valence electrons. The van der Waals surface area contributed by atoms with Crippen LogP contribution in [0.4, 0.5) is 0 Å². The minimum atomic E-state index is 0.121. The van der Waals surface area contributed by atoms with Gasteiger partial charge in [-0.25, -0.2) is 4.98 Å². The van der Waals surface area contributed by atoms with Gasteiger partial charge in [-0.05, 0) is 19.9 Å². The van der Waals surface area contributed by atoms with Crippen LogP contribution in [0.3, 0.4) is 0 Å². The first-order valence-electron chi connectivity index (χ1n) is 5.31. The highest BCUT2D eigenvalue weighted by atomic mass is 32.1. The number of H-pyrrole nitrogens is 1. The van der Waals surface area contributed by atoms with Crippen molar-refractivity contribution in [3.63, 3.8) is 0 Å². The monoisotopic (exact) mass is 247 g/mol. The van der Waals surface area contributed by atoms with Gasteiger partial charge in [-0.2, -0.15) is 0 Å². The lowest BCUT2D eigenvalue weighted by Crippen LogP contribution is -2.05. The Kier molecular flexibility index (Phi) is 3.49. The Morgan fingerprint density at radius 3 is 2.76 bits per heavy atom. The van der Waals surface area contributed by atoms with Crippen LogP contribution in [-0.4, -0.2) is 21.1 Å². The molecule has 4 nitrogen and oxygen atoms in total. The second kappa shape index (κ2) is 5.05. The SMILES string of the molecule is CC(C)Oc1cncc(-c2cnc[nH]c2=S)c1. The molecule has 1 N–H and O–H groups in total. The second-order valence-corrected chi connectivity index (χ2v) is 4.28. The van der Waals surface area contributed by atoms with E-state index in [-0.39, 0.29) is 6.10 Å². The molecular formula is C12H13N3OS. The van der Waals surface area contributed by atoms with E-state index in [0.29, 0.717) is 4.64 Å². The van der Waals surface area contributed by atoms with E-state index in [0.717, 1.165) is 16.9 Å². The number of ether oxygens (including phenoxy) is 1. The van der Waals surface area contributed by atoms with Gasteiger partial charge < -0.3 is 9.72 Å². The van der Waals surface area contributed by atoms with Crippen molar-refractivity contribution in [3.8, 4) is 16.9 Å². The molecule has 0 aliphatic carbocycles. The maximum absolute atomic E-state index is 5.59. The number of nitrogens with one attached hydrogen (secondary N) is 1. The van der Waals surface area contributed by atoms with Crippen LogP contribution in [0.5, 0.6) is 5.75 Å². The van der Waals surface area contributed by atoms with Gasteiger partial charge in [0.05, 0.1) is 18.6 Å².